The maximum absolute atomic E-state index is 13.2. The standard InChI is InChI=1S/C21H16FN3O2/c22-18-5-3-4-16(12-18)14-27-21(26)17-10-8-15(9-11-17)13-25-20-7-2-1-6-19(20)23-24-25/h1-12H,13-14H2. The highest BCUT2D eigenvalue weighted by Gasteiger charge is 2.09. The van der Waals surface area contributed by atoms with E-state index in [1.807, 2.05) is 41.1 Å². The summed E-state index contributed by atoms with van der Waals surface area (Å²) in [6.07, 6.45) is 0. The molecule has 0 spiro atoms. The van der Waals surface area contributed by atoms with Gasteiger partial charge in [-0.15, -0.1) is 5.10 Å². The lowest BCUT2D eigenvalue weighted by Gasteiger charge is -2.07. The number of carbonyl (C=O) groups excluding carboxylic acids is 1. The lowest BCUT2D eigenvalue weighted by atomic mass is 10.1. The van der Waals surface area contributed by atoms with E-state index in [0.717, 1.165) is 16.6 Å². The first-order valence-corrected chi connectivity index (χ1v) is 8.48. The van der Waals surface area contributed by atoms with Crippen molar-refractivity contribution in [3.05, 3.63) is 95.3 Å². The van der Waals surface area contributed by atoms with Crippen molar-refractivity contribution in [2.24, 2.45) is 0 Å². The summed E-state index contributed by atoms with van der Waals surface area (Å²) in [5.74, 6) is -0.800. The summed E-state index contributed by atoms with van der Waals surface area (Å²) in [5, 5.41) is 8.29. The van der Waals surface area contributed by atoms with E-state index in [9.17, 15) is 9.18 Å². The molecule has 1 aromatic heterocycles. The molecule has 0 amide bonds. The van der Waals surface area contributed by atoms with Crippen LogP contribution >= 0.6 is 0 Å². The zero-order valence-corrected chi connectivity index (χ0v) is 14.4. The van der Waals surface area contributed by atoms with Crippen LogP contribution < -0.4 is 0 Å². The highest BCUT2D eigenvalue weighted by molar-refractivity contribution is 5.89. The van der Waals surface area contributed by atoms with Crippen LogP contribution in [0.5, 0.6) is 0 Å². The fraction of sp³-hybridized carbons (Fsp3) is 0.0952. The minimum Gasteiger partial charge on any atom is -0.457 e. The molecule has 0 unspecified atom stereocenters. The number of nitrogens with zero attached hydrogens (tertiary/aromatic N) is 3. The highest BCUT2D eigenvalue weighted by Crippen LogP contribution is 2.14. The van der Waals surface area contributed by atoms with Crippen LogP contribution in [-0.2, 0) is 17.9 Å². The number of carbonyl (C=O) groups is 1. The van der Waals surface area contributed by atoms with Crippen LogP contribution in [0.1, 0.15) is 21.5 Å². The SMILES string of the molecule is O=C(OCc1cccc(F)c1)c1ccc(Cn2nnc3ccccc32)cc1. The van der Waals surface area contributed by atoms with Gasteiger partial charge in [0.1, 0.15) is 17.9 Å². The van der Waals surface area contributed by atoms with Gasteiger partial charge in [-0.1, -0.05) is 41.6 Å². The van der Waals surface area contributed by atoms with E-state index in [2.05, 4.69) is 10.3 Å². The summed E-state index contributed by atoms with van der Waals surface area (Å²) in [6, 6.07) is 20.9. The number of aromatic nitrogens is 3. The topological polar surface area (TPSA) is 57.0 Å². The van der Waals surface area contributed by atoms with E-state index in [0.29, 0.717) is 17.7 Å². The Hall–Kier alpha value is -3.54. The Balaban J connectivity index is 1.41. The van der Waals surface area contributed by atoms with Gasteiger partial charge in [0.25, 0.3) is 0 Å². The maximum atomic E-state index is 13.2. The molecule has 4 aromatic rings. The molecular weight excluding hydrogens is 345 g/mol. The van der Waals surface area contributed by atoms with Gasteiger partial charge in [0, 0.05) is 0 Å². The van der Waals surface area contributed by atoms with Gasteiger partial charge in [0.15, 0.2) is 0 Å². The van der Waals surface area contributed by atoms with Gasteiger partial charge in [0.2, 0.25) is 0 Å². The number of esters is 1. The van der Waals surface area contributed by atoms with Crippen LogP contribution in [0.25, 0.3) is 11.0 Å². The van der Waals surface area contributed by atoms with E-state index >= 15 is 0 Å². The fourth-order valence-corrected chi connectivity index (χ4v) is 2.81. The lowest BCUT2D eigenvalue weighted by Crippen LogP contribution is -2.06. The van der Waals surface area contributed by atoms with E-state index in [-0.39, 0.29) is 12.4 Å². The maximum Gasteiger partial charge on any atom is 0.338 e. The van der Waals surface area contributed by atoms with E-state index in [1.165, 1.54) is 12.1 Å². The predicted octanol–water partition coefficient (Wildman–Crippen LogP) is 3.98. The van der Waals surface area contributed by atoms with Crippen molar-refractivity contribution in [2.45, 2.75) is 13.2 Å². The Morgan fingerprint density at radius 3 is 2.59 bits per heavy atom. The number of hydrogen-bond acceptors (Lipinski definition) is 4. The summed E-state index contributed by atoms with van der Waals surface area (Å²) in [5.41, 5.74) is 3.84. The average Bonchev–Trinajstić information content (AvgIpc) is 3.10. The quantitative estimate of drug-likeness (QED) is 0.505. The predicted molar refractivity (Wildman–Crippen MR) is 98.6 cm³/mol. The summed E-state index contributed by atoms with van der Waals surface area (Å²) in [7, 11) is 0. The second-order valence-electron chi connectivity index (χ2n) is 6.14. The minimum atomic E-state index is -0.447. The second kappa shape index (κ2) is 7.37. The van der Waals surface area contributed by atoms with Crippen molar-refractivity contribution in [3.63, 3.8) is 0 Å². The summed E-state index contributed by atoms with van der Waals surface area (Å²) >= 11 is 0. The third-order valence-electron chi connectivity index (χ3n) is 4.20. The first kappa shape index (κ1) is 16.9. The lowest BCUT2D eigenvalue weighted by molar-refractivity contribution is 0.0472. The third-order valence-corrected chi connectivity index (χ3v) is 4.20. The van der Waals surface area contributed by atoms with Crippen LogP contribution in [0.4, 0.5) is 4.39 Å². The molecule has 0 saturated heterocycles. The third kappa shape index (κ3) is 3.84. The number of rotatable bonds is 5. The summed E-state index contributed by atoms with van der Waals surface area (Å²) in [4.78, 5) is 12.2. The van der Waals surface area contributed by atoms with Crippen LogP contribution in [0.15, 0.2) is 72.8 Å². The molecule has 0 N–H and O–H groups in total. The number of benzene rings is 3. The zero-order chi connectivity index (χ0) is 18.6. The zero-order valence-electron chi connectivity index (χ0n) is 14.4. The molecule has 0 bridgehead atoms. The number of fused-ring (bicyclic) bond motifs is 1. The van der Waals surface area contributed by atoms with Gasteiger partial charge in [-0.05, 0) is 47.5 Å². The van der Waals surface area contributed by atoms with Crippen molar-refractivity contribution in [1.82, 2.24) is 15.0 Å². The minimum absolute atomic E-state index is 0.0310. The van der Waals surface area contributed by atoms with Crippen LogP contribution in [0.2, 0.25) is 0 Å². The fourth-order valence-electron chi connectivity index (χ4n) is 2.81. The van der Waals surface area contributed by atoms with Crippen molar-refractivity contribution in [2.75, 3.05) is 0 Å². The molecule has 4 rings (SSSR count). The molecule has 0 aliphatic carbocycles. The number of para-hydroxylation sites is 1. The molecule has 0 saturated carbocycles. The monoisotopic (exact) mass is 361 g/mol. The Morgan fingerprint density at radius 2 is 1.78 bits per heavy atom. The molecule has 3 aromatic carbocycles. The first-order valence-electron chi connectivity index (χ1n) is 8.48. The van der Waals surface area contributed by atoms with Crippen molar-refractivity contribution in [1.29, 1.82) is 0 Å². The largest absolute Gasteiger partial charge is 0.457 e. The van der Waals surface area contributed by atoms with Gasteiger partial charge in [-0.2, -0.15) is 0 Å². The average molecular weight is 361 g/mol. The van der Waals surface area contributed by atoms with E-state index in [1.54, 1.807) is 24.3 Å². The Kier molecular flexibility index (Phi) is 4.61. The Bertz CT molecular complexity index is 1090. The summed E-state index contributed by atoms with van der Waals surface area (Å²) < 4.78 is 20.2. The molecule has 0 atom stereocenters. The highest BCUT2D eigenvalue weighted by atomic mass is 19.1. The van der Waals surface area contributed by atoms with Crippen molar-refractivity contribution >= 4 is 17.0 Å². The molecular formula is C21H16FN3O2. The van der Waals surface area contributed by atoms with E-state index < -0.39 is 5.97 Å². The molecule has 0 aliphatic heterocycles. The molecule has 1 heterocycles. The van der Waals surface area contributed by atoms with Gasteiger partial charge < -0.3 is 4.74 Å². The number of ether oxygens (including phenoxy) is 1. The first-order chi connectivity index (χ1) is 13.2. The number of halogens is 1. The Labute approximate surface area is 155 Å². The van der Waals surface area contributed by atoms with E-state index in [4.69, 9.17) is 4.74 Å². The van der Waals surface area contributed by atoms with Crippen LogP contribution in [0.3, 0.4) is 0 Å². The normalized spacial score (nSPS) is 10.9. The molecule has 5 nitrogen and oxygen atoms in total. The second-order valence-corrected chi connectivity index (χ2v) is 6.14. The van der Waals surface area contributed by atoms with Crippen LogP contribution in [-0.4, -0.2) is 21.0 Å². The molecule has 27 heavy (non-hydrogen) atoms. The number of hydrogen-bond donors (Lipinski definition) is 0. The van der Waals surface area contributed by atoms with Gasteiger partial charge >= 0.3 is 5.97 Å². The van der Waals surface area contributed by atoms with Crippen LogP contribution in [0, 0.1) is 5.82 Å². The molecule has 0 fully saturated rings. The molecule has 0 aliphatic rings. The molecule has 134 valence electrons. The van der Waals surface area contributed by atoms with Gasteiger partial charge in [0.05, 0.1) is 17.6 Å². The van der Waals surface area contributed by atoms with Gasteiger partial charge in [-0.25, -0.2) is 13.9 Å². The molecule has 0 radical (unpaired) electrons. The van der Waals surface area contributed by atoms with Gasteiger partial charge in [-0.3, -0.25) is 0 Å². The van der Waals surface area contributed by atoms with Crippen molar-refractivity contribution < 1.29 is 13.9 Å². The van der Waals surface area contributed by atoms with Crippen molar-refractivity contribution in [3.8, 4) is 0 Å². The summed E-state index contributed by atoms with van der Waals surface area (Å²) in [6.45, 7) is 0.586. The smallest absolute Gasteiger partial charge is 0.338 e. The molecule has 6 heteroatoms. The Morgan fingerprint density at radius 1 is 0.963 bits per heavy atom.